The van der Waals surface area contributed by atoms with E-state index in [1.165, 1.54) is 29.1 Å². The molecule has 25 heavy (non-hydrogen) atoms. The van der Waals surface area contributed by atoms with Crippen LogP contribution in [0, 0.1) is 0 Å². The molecular formula is C16H9F3N4O2. The number of halogens is 3. The molecule has 0 amide bonds. The lowest BCUT2D eigenvalue weighted by molar-refractivity contribution is -0.274. The maximum absolute atomic E-state index is 12.8. The first kappa shape index (κ1) is 15.2. The molecule has 0 radical (unpaired) electrons. The molecule has 0 aliphatic heterocycles. The standard InChI is InChI=1S/C16H9F3N4O2/c17-16(18,19)25-10-4-1-3-9(7-10)23-14-11(5-2-6-20-14)13-12(15(23)24)8-21-22-13/h1-8H,(H,21,22). The Bertz CT molecular complexity index is 1150. The quantitative estimate of drug-likeness (QED) is 0.605. The van der Waals surface area contributed by atoms with Crippen LogP contribution < -0.4 is 10.3 Å². The normalized spacial score (nSPS) is 12.0. The highest BCUT2D eigenvalue weighted by Gasteiger charge is 2.31. The molecule has 6 nitrogen and oxygen atoms in total. The largest absolute Gasteiger partial charge is 0.573 e. The summed E-state index contributed by atoms with van der Waals surface area (Å²) in [6.07, 6.45) is -1.95. The average molecular weight is 346 g/mol. The zero-order chi connectivity index (χ0) is 17.6. The second kappa shape index (κ2) is 5.33. The van der Waals surface area contributed by atoms with Crippen molar-refractivity contribution in [1.82, 2.24) is 19.7 Å². The number of benzene rings is 1. The van der Waals surface area contributed by atoms with Crippen molar-refractivity contribution in [1.29, 1.82) is 0 Å². The predicted molar refractivity (Wildman–Crippen MR) is 83.7 cm³/mol. The number of hydrogen-bond acceptors (Lipinski definition) is 4. The van der Waals surface area contributed by atoms with E-state index in [2.05, 4.69) is 19.9 Å². The number of hydrogen-bond donors (Lipinski definition) is 1. The van der Waals surface area contributed by atoms with E-state index in [9.17, 15) is 18.0 Å². The van der Waals surface area contributed by atoms with E-state index in [-0.39, 0.29) is 5.69 Å². The van der Waals surface area contributed by atoms with Crippen LogP contribution in [-0.4, -0.2) is 26.1 Å². The van der Waals surface area contributed by atoms with Crippen molar-refractivity contribution in [2.24, 2.45) is 0 Å². The highest BCUT2D eigenvalue weighted by atomic mass is 19.4. The molecule has 0 aliphatic carbocycles. The maximum atomic E-state index is 12.8. The van der Waals surface area contributed by atoms with Gasteiger partial charge in [-0.2, -0.15) is 5.10 Å². The summed E-state index contributed by atoms with van der Waals surface area (Å²) in [5.41, 5.74) is 0.582. The van der Waals surface area contributed by atoms with Gasteiger partial charge in [0.2, 0.25) is 0 Å². The highest BCUT2D eigenvalue weighted by Crippen LogP contribution is 2.26. The molecule has 4 rings (SSSR count). The summed E-state index contributed by atoms with van der Waals surface area (Å²) in [6, 6.07) is 8.61. The molecule has 0 bridgehead atoms. The van der Waals surface area contributed by atoms with Crippen molar-refractivity contribution in [3.05, 3.63) is 59.1 Å². The van der Waals surface area contributed by atoms with E-state index in [0.29, 0.717) is 21.9 Å². The second-order valence-corrected chi connectivity index (χ2v) is 5.22. The molecular weight excluding hydrogens is 337 g/mol. The smallest absolute Gasteiger partial charge is 0.406 e. The van der Waals surface area contributed by atoms with Gasteiger partial charge in [-0.1, -0.05) is 6.07 Å². The van der Waals surface area contributed by atoms with Gasteiger partial charge in [0.05, 0.1) is 22.8 Å². The summed E-state index contributed by atoms with van der Waals surface area (Å²) >= 11 is 0. The Labute approximate surface area is 137 Å². The minimum absolute atomic E-state index is 0.207. The minimum Gasteiger partial charge on any atom is -0.406 e. The fourth-order valence-electron chi connectivity index (χ4n) is 2.70. The maximum Gasteiger partial charge on any atom is 0.573 e. The van der Waals surface area contributed by atoms with E-state index < -0.39 is 17.7 Å². The molecule has 0 spiro atoms. The van der Waals surface area contributed by atoms with E-state index in [1.807, 2.05) is 0 Å². The Kier molecular flexibility index (Phi) is 3.24. The van der Waals surface area contributed by atoms with Crippen LogP contribution in [0.25, 0.3) is 27.6 Å². The van der Waals surface area contributed by atoms with Gasteiger partial charge in [0.1, 0.15) is 11.4 Å². The third-order valence-electron chi connectivity index (χ3n) is 3.65. The average Bonchev–Trinajstić information content (AvgIpc) is 3.04. The molecule has 1 aromatic carbocycles. The molecule has 1 N–H and O–H groups in total. The van der Waals surface area contributed by atoms with Crippen LogP contribution in [0.3, 0.4) is 0 Å². The number of aromatic amines is 1. The molecule has 0 atom stereocenters. The summed E-state index contributed by atoms with van der Waals surface area (Å²) in [5, 5.41) is 7.55. The summed E-state index contributed by atoms with van der Waals surface area (Å²) in [4.78, 5) is 17.0. The van der Waals surface area contributed by atoms with Crippen LogP contribution in [0.1, 0.15) is 0 Å². The van der Waals surface area contributed by atoms with Crippen LogP contribution in [-0.2, 0) is 0 Å². The number of nitrogens with zero attached hydrogens (tertiary/aromatic N) is 3. The second-order valence-electron chi connectivity index (χ2n) is 5.22. The fourth-order valence-corrected chi connectivity index (χ4v) is 2.70. The first-order valence-corrected chi connectivity index (χ1v) is 7.13. The Hall–Kier alpha value is -3.36. The van der Waals surface area contributed by atoms with Gasteiger partial charge in [0.25, 0.3) is 5.56 Å². The number of fused-ring (bicyclic) bond motifs is 3. The Morgan fingerprint density at radius 1 is 1.12 bits per heavy atom. The third kappa shape index (κ3) is 2.59. The SMILES string of the molecule is O=c1c2cn[nH]c2c2cccnc2n1-c1cccc(OC(F)(F)F)c1. The lowest BCUT2D eigenvalue weighted by Gasteiger charge is -2.13. The first-order chi connectivity index (χ1) is 11.9. The van der Waals surface area contributed by atoms with Crippen LogP contribution in [0.4, 0.5) is 13.2 Å². The molecule has 4 aromatic rings. The zero-order valence-electron chi connectivity index (χ0n) is 12.4. The predicted octanol–water partition coefficient (Wildman–Crippen LogP) is 3.16. The molecule has 126 valence electrons. The van der Waals surface area contributed by atoms with Crippen LogP contribution in [0.2, 0.25) is 0 Å². The van der Waals surface area contributed by atoms with E-state index in [1.54, 1.807) is 12.1 Å². The highest BCUT2D eigenvalue weighted by molar-refractivity contribution is 6.02. The lowest BCUT2D eigenvalue weighted by atomic mass is 10.2. The molecule has 0 unspecified atom stereocenters. The van der Waals surface area contributed by atoms with Gasteiger partial charge < -0.3 is 4.74 Å². The molecule has 0 saturated heterocycles. The van der Waals surface area contributed by atoms with Crippen molar-refractivity contribution in [2.75, 3.05) is 0 Å². The topological polar surface area (TPSA) is 72.8 Å². The van der Waals surface area contributed by atoms with Crippen LogP contribution >= 0.6 is 0 Å². The van der Waals surface area contributed by atoms with Crippen LogP contribution in [0.15, 0.2) is 53.6 Å². The van der Waals surface area contributed by atoms with E-state index >= 15 is 0 Å². The number of nitrogens with one attached hydrogen (secondary N) is 1. The number of alkyl halides is 3. The Morgan fingerprint density at radius 3 is 2.76 bits per heavy atom. The van der Waals surface area contributed by atoms with Gasteiger partial charge in [-0.3, -0.25) is 14.5 Å². The van der Waals surface area contributed by atoms with Crippen LogP contribution in [0.5, 0.6) is 5.75 Å². The summed E-state index contributed by atoms with van der Waals surface area (Å²) in [5.74, 6) is -0.423. The van der Waals surface area contributed by atoms with E-state index in [0.717, 1.165) is 12.1 Å². The van der Waals surface area contributed by atoms with Gasteiger partial charge in [-0.25, -0.2) is 4.98 Å². The third-order valence-corrected chi connectivity index (χ3v) is 3.65. The number of rotatable bonds is 2. The Morgan fingerprint density at radius 2 is 1.96 bits per heavy atom. The first-order valence-electron chi connectivity index (χ1n) is 7.13. The minimum atomic E-state index is -4.82. The van der Waals surface area contributed by atoms with Gasteiger partial charge >= 0.3 is 6.36 Å². The number of H-pyrrole nitrogens is 1. The summed E-state index contributed by atoms with van der Waals surface area (Å²) in [7, 11) is 0. The van der Waals surface area contributed by atoms with Crippen molar-refractivity contribution in [2.45, 2.75) is 6.36 Å². The molecule has 0 saturated carbocycles. The van der Waals surface area contributed by atoms with E-state index in [4.69, 9.17) is 0 Å². The molecule has 0 aliphatic rings. The van der Waals surface area contributed by atoms with Gasteiger partial charge in [-0.15, -0.1) is 13.2 Å². The summed E-state index contributed by atoms with van der Waals surface area (Å²) in [6.45, 7) is 0. The monoisotopic (exact) mass is 346 g/mol. The fraction of sp³-hybridized carbons (Fsp3) is 0.0625. The molecule has 3 aromatic heterocycles. The van der Waals surface area contributed by atoms with Crippen molar-refractivity contribution < 1.29 is 17.9 Å². The molecule has 3 heterocycles. The number of aromatic nitrogens is 4. The Balaban J connectivity index is 2.02. The lowest BCUT2D eigenvalue weighted by Crippen LogP contribution is -2.20. The van der Waals surface area contributed by atoms with Crippen molar-refractivity contribution in [3.63, 3.8) is 0 Å². The summed E-state index contributed by atoms with van der Waals surface area (Å²) < 4.78 is 42.5. The van der Waals surface area contributed by atoms with Gasteiger partial charge in [0, 0.05) is 17.6 Å². The van der Waals surface area contributed by atoms with Crippen molar-refractivity contribution >= 4 is 21.9 Å². The van der Waals surface area contributed by atoms with Crippen molar-refractivity contribution in [3.8, 4) is 11.4 Å². The molecule has 0 fully saturated rings. The zero-order valence-corrected chi connectivity index (χ0v) is 12.4. The molecule has 9 heteroatoms. The van der Waals surface area contributed by atoms with Gasteiger partial charge in [0.15, 0.2) is 0 Å². The van der Waals surface area contributed by atoms with Gasteiger partial charge in [-0.05, 0) is 24.3 Å². The number of pyridine rings is 2. The number of ether oxygens (including phenoxy) is 1.